The number of benzene rings is 12. The average Bonchev–Trinajstić information content (AvgIpc) is 4.25. The van der Waals surface area contributed by atoms with E-state index in [1.807, 2.05) is 11.3 Å². The fourth-order valence-electron chi connectivity index (χ4n) is 14.2. The fraction of sp³-hybridized carbons (Fsp3) is 0.0270. The lowest BCUT2D eigenvalue weighted by Crippen LogP contribution is -2.32. The molecule has 0 atom stereocenters. The van der Waals surface area contributed by atoms with Gasteiger partial charge in [-0.15, -0.1) is 11.3 Å². The first-order valence-electron chi connectivity index (χ1n) is 26.4. The monoisotopic (exact) mass is 981 g/mol. The highest BCUT2D eigenvalue weighted by atomic mass is 32.1. The minimum Gasteiger partial charge on any atom is -0.308 e. The lowest BCUT2D eigenvalue weighted by atomic mass is 9.63. The van der Waals surface area contributed by atoms with Crippen LogP contribution in [0.3, 0.4) is 0 Å². The van der Waals surface area contributed by atoms with Crippen molar-refractivity contribution >= 4 is 48.6 Å². The molecule has 354 valence electrons. The van der Waals surface area contributed by atoms with Crippen molar-refractivity contribution < 1.29 is 0 Å². The summed E-state index contributed by atoms with van der Waals surface area (Å²) in [7, 11) is 0. The summed E-state index contributed by atoms with van der Waals surface area (Å²) in [4.78, 5) is 2.69. The number of nitrogens with zero attached hydrogens (tertiary/aromatic N) is 1. The van der Waals surface area contributed by atoms with Gasteiger partial charge in [-0.25, -0.2) is 0 Å². The van der Waals surface area contributed by atoms with E-state index in [0.717, 1.165) is 17.1 Å². The summed E-state index contributed by atoms with van der Waals surface area (Å²) in [5, 5.41) is 2.54. The van der Waals surface area contributed by atoms with Gasteiger partial charge in [0.25, 0.3) is 0 Å². The molecule has 13 aromatic rings. The Kier molecular flexibility index (Phi) is 9.40. The lowest BCUT2D eigenvalue weighted by Gasteiger charge is -2.40. The van der Waals surface area contributed by atoms with E-state index in [1.54, 1.807) is 0 Å². The molecule has 0 amide bonds. The van der Waals surface area contributed by atoms with Gasteiger partial charge < -0.3 is 4.90 Å². The highest BCUT2D eigenvalue weighted by molar-refractivity contribution is 7.26. The molecule has 1 spiro atoms. The van der Waals surface area contributed by atoms with E-state index < -0.39 is 10.8 Å². The lowest BCUT2D eigenvalue weighted by molar-refractivity contribution is 0.772. The van der Waals surface area contributed by atoms with E-state index in [2.05, 4.69) is 290 Å². The molecule has 1 heterocycles. The van der Waals surface area contributed by atoms with Gasteiger partial charge in [-0.2, -0.15) is 0 Å². The summed E-state index contributed by atoms with van der Waals surface area (Å²) in [6.07, 6.45) is 0. The summed E-state index contributed by atoms with van der Waals surface area (Å²) >= 11 is 1.90. The highest BCUT2D eigenvalue weighted by Crippen LogP contribution is 2.67. The van der Waals surface area contributed by atoms with Crippen LogP contribution in [0.25, 0.3) is 75.8 Å². The minimum atomic E-state index is -0.825. The van der Waals surface area contributed by atoms with Crippen molar-refractivity contribution in [3.63, 3.8) is 0 Å². The SMILES string of the molecule is c1ccc(-c2ccccc2C2(c3ccccc3-c3ccccc3)c3ccccc3-c3cccc(N(c4cccc5c4-c4ccccc4C54c5ccccc5-c5ccccc54)c4cccc5c4sc4ccccc45)c32)cc1. The Bertz CT molecular complexity index is 4360. The molecule has 0 aliphatic heterocycles. The first kappa shape index (κ1) is 43.1. The van der Waals surface area contributed by atoms with Crippen LogP contribution in [0.15, 0.2) is 285 Å². The van der Waals surface area contributed by atoms with Crippen LogP contribution in [0.4, 0.5) is 17.1 Å². The van der Waals surface area contributed by atoms with Crippen LogP contribution < -0.4 is 4.90 Å². The van der Waals surface area contributed by atoms with Gasteiger partial charge in [-0.3, -0.25) is 0 Å². The van der Waals surface area contributed by atoms with Gasteiger partial charge in [0.05, 0.1) is 32.6 Å². The summed E-state index contributed by atoms with van der Waals surface area (Å²) < 4.78 is 2.53. The number of thiophene rings is 1. The van der Waals surface area contributed by atoms with E-state index in [1.165, 1.54) is 120 Å². The van der Waals surface area contributed by atoms with Crippen LogP contribution in [0.1, 0.15) is 44.5 Å². The largest absolute Gasteiger partial charge is 0.308 e. The molecule has 0 bridgehead atoms. The molecule has 0 radical (unpaired) electrons. The molecular formula is C74H47NS. The molecule has 3 aliphatic rings. The third-order valence-electron chi connectivity index (χ3n) is 17.0. The Morgan fingerprint density at radius 3 is 1.24 bits per heavy atom. The van der Waals surface area contributed by atoms with Crippen molar-refractivity contribution in [2.24, 2.45) is 0 Å². The highest BCUT2D eigenvalue weighted by Gasteiger charge is 2.54. The van der Waals surface area contributed by atoms with Crippen molar-refractivity contribution in [2.45, 2.75) is 10.8 Å². The summed E-state index contributed by atoms with van der Waals surface area (Å²) in [6, 6.07) is 108. The topological polar surface area (TPSA) is 3.24 Å². The molecule has 12 aromatic carbocycles. The van der Waals surface area contributed by atoms with Crippen molar-refractivity contribution in [3.8, 4) is 55.6 Å². The van der Waals surface area contributed by atoms with Crippen molar-refractivity contribution in [2.75, 3.05) is 4.90 Å². The Morgan fingerprint density at radius 1 is 0.250 bits per heavy atom. The van der Waals surface area contributed by atoms with Gasteiger partial charge in [0.1, 0.15) is 0 Å². The van der Waals surface area contributed by atoms with Crippen molar-refractivity contribution in [3.05, 3.63) is 330 Å². The average molecular weight is 982 g/mol. The number of anilines is 3. The second kappa shape index (κ2) is 16.6. The van der Waals surface area contributed by atoms with Gasteiger partial charge in [0.15, 0.2) is 0 Å². The molecule has 0 N–H and O–H groups in total. The fourth-order valence-corrected chi connectivity index (χ4v) is 15.4. The predicted molar refractivity (Wildman–Crippen MR) is 318 cm³/mol. The Hall–Kier alpha value is -9.34. The molecule has 0 fully saturated rings. The molecular weight excluding hydrogens is 935 g/mol. The van der Waals surface area contributed by atoms with E-state index >= 15 is 0 Å². The van der Waals surface area contributed by atoms with Gasteiger partial charge in [0, 0.05) is 26.6 Å². The standard InChI is InChI=1S/C74H47NS/c1-3-24-48(25-4-1)50-28-7-14-37-59(50)74(60-38-15-8-29-51(60)49-26-5-2-6-27-49)63-41-18-11-32-54(63)56-35-21-45-67(71(56)74)75(68-46-22-36-57-55-33-13-20-47-69(55)76-72(57)68)66-44-23-43-65-70(66)58-34-12-19-42-64(58)73(65)61-39-16-9-30-52(61)53-31-10-17-40-62(53)73/h1-47H. The maximum atomic E-state index is 2.69. The second-order valence-corrected chi connectivity index (χ2v) is 21.5. The Labute approximate surface area is 446 Å². The molecule has 1 aromatic heterocycles. The molecule has 3 aliphatic carbocycles. The van der Waals surface area contributed by atoms with Crippen LogP contribution in [-0.4, -0.2) is 0 Å². The zero-order valence-corrected chi connectivity index (χ0v) is 42.3. The summed E-state index contributed by atoms with van der Waals surface area (Å²) in [6.45, 7) is 0. The van der Waals surface area contributed by atoms with E-state index in [0.29, 0.717) is 0 Å². The maximum Gasteiger partial charge on any atom is 0.0746 e. The predicted octanol–water partition coefficient (Wildman–Crippen LogP) is 19.6. The molecule has 0 saturated heterocycles. The quantitative estimate of drug-likeness (QED) is 0.154. The maximum absolute atomic E-state index is 2.69. The number of fused-ring (bicyclic) bond motifs is 16. The molecule has 0 saturated carbocycles. The Morgan fingerprint density at radius 2 is 0.632 bits per heavy atom. The molecule has 0 unspecified atom stereocenters. The third-order valence-corrected chi connectivity index (χ3v) is 18.2. The zero-order chi connectivity index (χ0) is 50.0. The summed E-state index contributed by atoms with van der Waals surface area (Å²) in [5.41, 5.74) is 24.8. The van der Waals surface area contributed by atoms with Crippen LogP contribution in [0.5, 0.6) is 0 Å². The smallest absolute Gasteiger partial charge is 0.0746 e. The number of hydrogen-bond acceptors (Lipinski definition) is 2. The van der Waals surface area contributed by atoms with Crippen LogP contribution in [0.2, 0.25) is 0 Å². The third kappa shape index (κ3) is 5.74. The van der Waals surface area contributed by atoms with E-state index in [-0.39, 0.29) is 0 Å². The van der Waals surface area contributed by atoms with Crippen molar-refractivity contribution in [1.29, 1.82) is 0 Å². The normalized spacial score (nSPS) is 13.7. The summed E-state index contributed by atoms with van der Waals surface area (Å²) in [5.74, 6) is 0. The first-order valence-corrected chi connectivity index (χ1v) is 27.2. The van der Waals surface area contributed by atoms with E-state index in [9.17, 15) is 0 Å². The zero-order valence-electron chi connectivity index (χ0n) is 41.5. The van der Waals surface area contributed by atoms with E-state index in [4.69, 9.17) is 0 Å². The van der Waals surface area contributed by atoms with Crippen LogP contribution in [-0.2, 0) is 10.8 Å². The number of hydrogen-bond donors (Lipinski definition) is 0. The van der Waals surface area contributed by atoms with Crippen molar-refractivity contribution in [1.82, 2.24) is 0 Å². The Balaban J connectivity index is 1.09. The second-order valence-electron chi connectivity index (χ2n) is 20.5. The van der Waals surface area contributed by atoms with Gasteiger partial charge in [-0.1, -0.05) is 261 Å². The first-order chi connectivity index (χ1) is 37.8. The van der Waals surface area contributed by atoms with Crippen LogP contribution in [0, 0.1) is 0 Å². The van der Waals surface area contributed by atoms with Crippen LogP contribution >= 0.6 is 11.3 Å². The van der Waals surface area contributed by atoms with Gasteiger partial charge in [0.2, 0.25) is 0 Å². The van der Waals surface area contributed by atoms with Gasteiger partial charge in [-0.05, 0) is 113 Å². The molecule has 1 nitrogen and oxygen atoms in total. The number of rotatable bonds is 7. The molecule has 16 rings (SSSR count). The molecule has 76 heavy (non-hydrogen) atoms. The van der Waals surface area contributed by atoms with Gasteiger partial charge >= 0.3 is 0 Å². The minimum absolute atomic E-state index is 0.522. The molecule has 2 heteroatoms.